The summed E-state index contributed by atoms with van der Waals surface area (Å²) in [4.78, 5) is 11.7. The van der Waals surface area contributed by atoms with Gasteiger partial charge in [0.2, 0.25) is 5.79 Å². The van der Waals surface area contributed by atoms with Gasteiger partial charge in [-0.3, -0.25) is 0 Å². The van der Waals surface area contributed by atoms with E-state index in [1.165, 1.54) is 70.8 Å². The summed E-state index contributed by atoms with van der Waals surface area (Å²) in [5.41, 5.74) is 0.314. The van der Waals surface area contributed by atoms with Gasteiger partial charge < -0.3 is 35.0 Å². The molecule has 0 aromatic heterocycles. The van der Waals surface area contributed by atoms with E-state index in [-0.39, 0.29) is 24.7 Å². The molecule has 2 heterocycles. The van der Waals surface area contributed by atoms with Gasteiger partial charge in [-0.2, -0.15) is 0 Å². The summed E-state index contributed by atoms with van der Waals surface area (Å²) in [5.74, 6) is -2.16. The smallest absolute Gasteiger partial charge is 0.336 e. The monoisotopic (exact) mass is 612 g/mol. The maximum Gasteiger partial charge on any atom is 0.336 e. The number of esters is 1. The number of aliphatic hydroxyl groups excluding tert-OH is 4. The van der Waals surface area contributed by atoms with Crippen molar-refractivity contribution in [1.82, 2.24) is 0 Å². The molecule has 8 nitrogen and oxygen atoms in total. The third kappa shape index (κ3) is 16.7. The van der Waals surface area contributed by atoms with Gasteiger partial charge in [-0.15, -0.1) is 0 Å². The molecule has 0 aliphatic carbocycles. The molecule has 2 aliphatic heterocycles. The van der Waals surface area contributed by atoms with E-state index in [9.17, 15) is 30.3 Å². The lowest BCUT2D eigenvalue weighted by Crippen LogP contribution is -2.31. The van der Waals surface area contributed by atoms with Crippen LogP contribution in [0.1, 0.15) is 162 Å². The first-order valence-corrected chi connectivity index (χ1v) is 17.7. The molecular weight excluding hydrogens is 548 g/mol. The van der Waals surface area contributed by atoms with Crippen LogP contribution in [0.3, 0.4) is 0 Å². The average molecular weight is 613 g/mol. The normalized spacial score (nSPS) is 25.0. The Morgan fingerprint density at radius 2 is 1.12 bits per heavy atom. The van der Waals surface area contributed by atoms with Crippen molar-refractivity contribution < 1.29 is 39.8 Å². The predicted octanol–water partition coefficient (Wildman–Crippen LogP) is 6.38. The molecule has 43 heavy (non-hydrogen) atoms. The average Bonchev–Trinajstić information content (AvgIpc) is 3.55. The lowest BCUT2D eigenvalue weighted by Gasteiger charge is -2.22. The minimum atomic E-state index is -1.58. The van der Waals surface area contributed by atoms with Crippen molar-refractivity contribution in [3.05, 3.63) is 11.6 Å². The van der Waals surface area contributed by atoms with E-state index in [0.29, 0.717) is 31.3 Å². The van der Waals surface area contributed by atoms with Gasteiger partial charge in [-0.25, -0.2) is 4.79 Å². The van der Waals surface area contributed by atoms with Gasteiger partial charge in [-0.05, 0) is 51.0 Å². The topological polar surface area (TPSA) is 137 Å². The number of cyclic esters (lactones) is 1. The summed E-state index contributed by atoms with van der Waals surface area (Å²) < 4.78 is 10.9. The van der Waals surface area contributed by atoms with Crippen LogP contribution < -0.4 is 0 Å². The van der Waals surface area contributed by atoms with Crippen LogP contribution in [0.15, 0.2) is 11.6 Å². The first-order valence-electron chi connectivity index (χ1n) is 17.7. The Hall–Kier alpha value is -1.03. The van der Waals surface area contributed by atoms with Gasteiger partial charge in [0.25, 0.3) is 0 Å². The quantitative estimate of drug-likeness (QED) is 0.0561. The molecule has 2 rings (SSSR count). The number of carbonyl (C=O) groups is 1. The van der Waals surface area contributed by atoms with Crippen molar-refractivity contribution >= 4 is 5.97 Å². The summed E-state index contributed by atoms with van der Waals surface area (Å²) >= 11 is 0. The van der Waals surface area contributed by atoms with Crippen molar-refractivity contribution in [3.63, 3.8) is 0 Å². The number of rotatable bonds is 26. The SMILES string of the molecule is CCCCCCCCCCCC[C@@H](O)[C@H]1CC[C@H]([C@H](O)CCCCC(O)CCCCC[C@@H](O)CC2=C[C@](C)(O)OC2=O)O1. The molecule has 1 unspecified atom stereocenters. The van der Waals surface area contributed by atoms with E-state index in [0.717, 1.165) is 57.8 Å². The first kappa shape index (κ1) is 38.2. The fraction of sp³-hybridized carbons (Fsp3) is 0.914. The summed E-state index contributed by atoms with van der Waals surface area (Å²) in [6.07, 6.45) is 21.3. The molecule has 252 valence electrons. The maximum absolute atomic E-state index is 11.7. The molecule has 0 bridgehead atoms. The molecule has 1 fully saturated rings. The molecule has 0 saturated carbocycles. The third-order valence-corrected chi connectivity index (χ3v) is 9.12. The van der Waals surface area contributed by atoms with Crippen LogP contribution in [0.4, 0.5) is 0 Å². The molecule has 0 aromatic rings. The van der Waals surface area contributed by atoms with Crippen molar-refractivity contribution in [2.75, 3.05) is 0 Å². The van der Waals surface area contributed by atoms with Crippen LogP contribution in [0.25, 0.3) is 0 Å². The number of aliphatic hydroxyl groups is 5. The lowest BCUT2D eigenvalue weighted by molar-refractivity contribution is -0.173. The number of hydrogen-bond acceptors (Lipinski definition) is 8. The molecule has 5 N–H and O–H groups in total. The molecule has 8 heteroatoms. The molecule has 0 amide bonds. The van der Waals surface area contributed by atoms with Gasteiger partial charge >= 0.3 is 5.97 Å². The van der Waals surface area contributed by atoms with Gasteiger partial charge in [-0.1, -0.05) is 103 Å². The molecule has 7 atom stereocenters. The zero-order chi connectivity index (χ0) is 31.5. The molecule has 2 aliphatic rings. The Kier molecular flexibility index (Phi) is 19.2. The Morgan fingerprint density at radius 3 is 1.63 bits per heavy atom. The summed E-state index contributed by atoms with van der Waals surface area (Å²) in [6, 6.07) is 0. The second-order valence-corrected chi connectivity index (χ2v) is 13.4. The second-order valence-electron chi connectivity index (χ2n) is 13.4. The summed E-state index contributed by atoms with van der Waals surface area (Å²) in [7, 11) is 0. The van der Waals surface area contributed by atoms with Crippen molar-refractivity contribution in [2.24, 2.45) is 0 Å². The summed E-state index contributed by atoms with van der Waals surface area (Å²) in [6.45, 7) is 3.64. The van der Waals surface area contributed by atoms with Crippen LogP contribution in [-0.4, -0.2) is 73.9 Å². The zero-order valence-corrected chi connectivity index (χ0v) is 27.3. The Bertz CT molecular complexity index is 769. The molecule has 0 aromatic carbocycles. The third-order valence-electron chi connectivity index (χ3n) is 9.12. The number of unbranched alkanes of at least 4 members (excludes halogenated alkanes) is 12. The minimum absolute atomic E-state index is 0.159. The molecule has 0 spiro atoms. The first-order chi connectivity index (χ1) is 20.6. The Balaban J connectivity index is 1.42. The van der Waals surface area contributed by atoms with E-state index in [2.05, 4.69) is 6.92 Å². The van der Waals surface area contributed by atoms with E-state index in [4.69, 9.17) is 9.47 Å². The zero-order valence-electron chi connectivity index (χ0n) is 27.3. The van der Waals surface area contributed by atoms with Gasteiger partial charge in [0.15, 0.2) is 0 Å². The standard InChI is InChI=1S/C35H64O8/c1-3-4-5-6-7-8-9-10-11-15-21-30(38)32-23-24-33(42-32)31(39)22-17-16-19-28(36)18-13-12-14-20-29(37)25-27-26-35(2,41)43-34(27)40/h26,28-33,36-39,41H,3-25H2,1-2H3/t28?,29-,30-,31-,32-,33-,35-/m1/s1. The van der Waals surface area contributed by atoms with Crippen LogP contribution >= 0.6 is 0 Å². The number of hydrogen-bond donors (Lipinski definition) is 5. The van der Waals surface area contributed by atoms with E-state index >= 15 is 0 Å². The minimum Gasteiger partial charge on any atom is -0.426 e. The molecule has 0 radical (unpaired) electrons. The van der Waals surface area contributed by atoms with E-state index in [1.54, 1.807) is 0 Å². The Morgan fingerprint density at radius 1 is 0.698 bits per heavy atom. The second kappa shape index (κ2) is 21.7. The highest BCUT2D eigenvalue weighted by molar-refractivity contribution is 5.91. The van der Waals surface area contributed by atoms with Crippen molar-refractivity contribution in [1.29, 1.82) is 0 Å². The van der Waals surface area contributed by atoms with Crippen LogP contribution in [0, 0.1) is 0 Å². The fourth-order valence-corrected chi connectivity index (χ4v) is 6.45. The number of ether oxygens (including phenoxy) is 2. The van der Waals surface area contributed by atoms with Crippen LogP contribution in [0.2, 0.25) is 0 Å². The highest BCUT2D eigenvalue weighted by Gasteiger charge is 2.35. The van der Waals surface area contributed by atoms with Crippen LogP contribution in [-0.2, 0) is 14.3 Å². The van der Waals surface area contributed by atoms with Crippen molar-refractivity contribution in [3.8, 4) is 0 Å². The van der Waals surface area contributed by atoms with Gasteiger partial charge in [0.1, 0.15) is 0 Å². The lowest BCUT2D eigenvalue weighted by atomic mass is 9.99. The van der Waals surface area contributed by atoms with Gasteiger partial charge in [0, 0.05) is 18.9 Å². The highest BCUT2D eigenvalue weighted by atomic mass is 16.7. The molecular formula is C35H64O8. The largest absolute Gasteiger partial charge is 0.426 e. The van der Waals surface area contributed by atoms with Crippen LogP contribution in [0.5, 0.6) is 0 Å². The predicted molar refractivity (Wildman–Crippen MR) is 169 cm³/mol. The van der Waals surface area contributed by atoms with E-state index in [1.807, 2.05) is 0 Å². The maximum atomic E-state index is 11.7. The van der Waals surface area contributed by atoms with E-state index < -0.39 is 30.1 Å². The highest BCUT2D eigenvalue weighted by Crippen LogP contribution is 2.29. The van der Waals surface area contributed by atoms with Crippen molar-refractivity contribution in [2.45, 2.75) is 204 Å². The molecule has 1 saturated heterocycles. The fourth-order valence-electron chi connectivity index (χ4n) is 6.45. The Labute approximate surface area is 261 Å². The number of carbonyl (C=O) groups excluding carboxylic acids is 1. The van der Waals surface area contributed by atoms with Gasteiger partial charge in [0.05, 0.1) is 36.6 Å². The summed E-state index contributed by atoms with van der Waals surface area (Å²) in [5, 5.41) is 51.5.